The Hall–Kier alpha value is -1.29. The fourth-order valence-corrected chi connectivity index (χ4v) is 2.77. The largest absolute Gasteiger partial charge is 0.550 e. The number of carboxylic acids is 1. The second-order valence-electron chi connectivity index (χ2n) is 4.44. The molecule has 0 N–H and O–H groups in total. The van der Waals surface area contributed by atoms with Gasteiger partial charge >= 0.3 is 5.97 Å². The normalized spacial score (nSPS) is 33.7. The number of fused-ring (bicyclic) bond motifs is 2. The van der Waals surface area contributed by atoms with Gasteiger partial charge in [-0.05, 0) is 18.3 Å². The van der Waals surface area contributed by atoms with E-state index in [-0.39, 0.29) is 23.5 Å². The van der Waals surface area contributed by atoms with E-state index in [1.165, 1.54) is 0 Å². The number of aliphatic carboxylic acids is 1. The van der Waals surface area contributed by atoms with Gasteiger partial charge in [0.15, 0.2) is 0 Å². The zero-order chi connectivity index (χ0) is 12.6. The molecule has 2 bridgehead atoms. The van der Waals surface area contributed by atoms with Crippen molar-refractivity contribution in [3.63, 3.8) is 0 Å². The van der Waals surface area contributed by atoms with Crippen molar-refractivity contribution in [2.75, 3.05) is 6.61 Å². The predicted molar refractivity (Wildman–Crippen MR) is 58.7 cm³/mol. The number of ether oxygens (including phenoxy) is 1. The molecule has 17 heavy (non-hydrogen) atoms. The van der Waals surface area contributed by atoms with Gasteiger partial charge in [-0.1, -0.05) is 30.3 Å². The molecule has 92 valence electrons. The summed E-state index contributed by atoms with van der Waals surface area (Å²) in [6, 6.07) is 0. The van der Waals surface area contributed by atoms with Crippen molar-refractivity contribution in [1.82, 2.24) is 0 Å². The monoisotopic (exact) mass is 255 g/mol. The van der Waals surface area contributed by atoms with Gasteiger partial charge in [-0.3, -0.25) is 4.79 Å². The standard InChI is InChI=1S/C12H13ClO4/c1-6(13)5-17-12(16)10-8-3-2-7(4-8)9(10)11(14)15/h2-3,7-10H,1,4-5H2,(H,14,15)/p-1/t7-,8+,9-,10+/m0/s1. The first-order valence-corrected chi connectivity index (χ1v) is 5.77. The average Bonchev–Trinajstić information content (AvgIpc) is 2.84. The van der Waals surface area contributed by atoms with Gasteiger partial charge in [0.05, 0.1) is 5.92 Å². The zero-order valence-corrected chi connectivity index (χ0v) is 9.85. The number of carboxylic acid groups (broad SMARTS) is 1. The van der Waals surface area contributed by atoms with Crippen molar-refractivity contribution in [2.24, 2.45) is 23.7 Å². The van der Waals surface area contributed by atoms with Crippen molar-refractivity contribution in [3.05, 3.63) is 23.8 Å². The molecule has 0 aliphatic heterocycles. The lowest BCUT2D eigenvalue weighted by Gasteiger charge is -2.26. The van der Waals surface area contributed by atoms with Crippen LogP contribution in [0.2, 0.25) is 0 Å². The summed E-state index contributed by atoms with van der Waals surface area (Å²) < 4.78 is 4.92. The van der Waals surface area contributed by atoms with Crippen LogP contribution in [0.25, 0.3) is 0 Å². The molecule has 4 atom stereocenters. The fraction of sp³-hybridized carbons (Fsp3) is 0.500. The van der Waals surface area contributed by atoms with E-state index in [1.54, 1.807) is 0 Å². The molecule has 0 spiro atoms. The highest BCUT2D eigenvalue weighted by Gasteiger charge is 2.49. The third-order valence-electron chi connectivity index (χ3n) is 3.37. The number of allylic oxidation sites excluding steroid dienone is 2. The topological polar surface area (TPSA) is 66.4 Å². The van der Waals surface area contributed by atoms with E-state index < -0.39 is 23.8 Å². The van der Waals surface area contributed by atoms with Crippen LogP contribution in [0.1, 0.15) is 6.42 Å². The van der Waals surface area contributed by atoms with E-state index in [4.69, 9.17) is 16.3 Å². The molecule has 0 radical (unpaired) electrons. The number of hydrogen-bond acceptors (Lipinski definition) is 4. The maximum absolute atomic E-state index is 11.8. The summed E-state index contributed by atoms with van der Waals surface area (Å²) in [6.45, 7) is 3.32. The Bertz CT molecular complexity index is 401. The summed E-state index contributed by atoms with van der Waals surface area (Å²) >= 11 is 5.49. The van der Waals surface area contributed by atoms with Gasteiger partial charge in [0, 0.05) is 16.9 Å². The first-order chi connectivity index (χ1) is 8.00. The van der Waals surface area contributed by atoms with E-state index in [0.717, 1.165) is 0 Å². The third-order valence-corrected chi connectivity index (χ3v) is 3.48. The van der Waals surface area contributed by atoms with Crippen molar-refractivity contribution < 1.29 is 19.4 Å². The lowest BCUT2D eigenvalue weighted by Crippen LogP contribution is -2.41. The van der Waals surface area contributed by atoms with Crippen LogP contribution in [-0.4, -0.2) is 18.5 Å². The molecular weight excluding hydrogens is 244 g/mol. The van der Waals surface area contributed by atoms with Crippen molar-refractivity contribution >= 4 is 23.5 Å². The molecule has 2 aliphatic rings. The molecule has 0 unspecified atom stereocenters. The molecule has 5 heteroatoms. The Kier molecular flexibility index (Phi) is 3.24. The number of halogens is 1. The molecule has 1 saturated carbocycles. The van der Waals surface area contributed by atoms with E-state index in [2.05, 4.69) is 6.58 Å². The molecule has 0 aromatic heterocycles. The van der Waals surface area contributed by atoms with E-state index in [9.17, 15) is 14.7 Å². The third kappa shape index (κ3) is 2.22. The van der Waals surface area contributed by atoms with E-state index >= 15 is 0 Å². The minimum atomic E-state index is -1.19. The number of esters is 1. The lowest BCUT2D eigenvalue weighted by atomic mass is 9.83. The Labute approximate surface area is 104 Å². The zero-order valence-electron chi connectivity index (χ0n) is 9.10. The van der Waals surface area contributed by atoms with Gasteiger partial charge in [-0.25, -0.2) is 0 Å². The van der Waals surface area contributed by atoms with Gasteiger partial charge in [0.25, 0.3) is 0 Å². The van der Waals surface area contributed by atoms with Gasteiger partial charge in [-0.15, -0.1) is 0 Å². The van der Waals surface area contributed by atoms with Crippen LogP contribution in [0.3, 0.4) is 0 Å². The summed E-state index contributed by atoms with van der Waals surface area (Å²) in [5.74, 6) is -3.31. The van der Waals surface area contributed by atoms with Gasteiger partial charge in [-0.2, -0.15) is 0 Å². The number of rotatable bonds is 4. The van der Waals surface area contributed by atoms with Crippen LogP contribution in [0.5, 0.6) is 0 Å². The van der Waals surface area contributed by atoms with Crippen LogP contribution in [-0.2, 0) is 14.3 Å². The highest BCUT2D eigenvalue weighted by Crippen LogP contribution is 2.48. The number of carbonyl (C=O) groups excluding carboxylic acids is 2. The van der Waals surface area contributed by atoms with Gasteiger partial charge < -0.3 is 14.6 Å². The highest BCUT2D eigenvalue weighted by molar-refractivity contribution is 6.29. The average molecular weight is 256 g/mol. The van der Waals surface area contributed by atoms with Crippen LogP contribution >= 0.6 is 11.6 Å². The second kappa shape index (κ2) is 4.53. The molecule has 1 fully saturated rings. The minimum Gasteiger partial charge on any atom is -0.550 e. The van der Waals surface area contributed by atoms with Crippen molar-refractivity contribution in [3.8, 4) is 0 Å². The molecule has 0 aromatic carbocycles. The summed E-state index contributed by atoms with van der Waals surface area (Å²) in [4.78, 5) is 22.9. The minimum absolute atomic E-state index is 0.0565. The Morgan fingerprint density at radius 3 is 2.47 bits per heavy atom. The molecule has 4 nitrogen and oxygen atoms in total. The molecule has 0 heterocycles. The van der Waals surface area contributed by atoms with E-state index in [1.807, 2.05) is 12.2 Å². The first kappa shape index (κ1) is 12.2. The van der Waals surface area contributed by atoms with Crippen LogP contribution in [0, 0.1) is 23.7 Å². The maximum Gasteiger partial charge on any atom is 0.310 e. The lowest BCUT2D eigenvalue weighted by molar-refractivity contribution is -0.314. The molecular formula is C12H12ClO4-. The first-order valence-electron chi connectivity index (χ1n) is 5.40. The summed E-state index contributed by atoms with van der Waals surface area (Å²) in [7, 11) is 0. The SMILES string of the molecule is C=C(Cl)COC(=O)[C@H]1[C@@H](C(=O)[O-])[C@H]2C=C[C@@H]1C2. The molecule has 2 aliphatic carbocycles. The van der Waals surface area contributed by atoms with Crippen LogP contribution < -0.4 is 5.11 Å². The summed E-state index contributed by atoms with van der Waals surface area (Å²) in [6.07, 6.45) is 4.40. The predicted octanol–water partition coefficient (Wildman–Crippen LogP) is 0.470. The Morgan fingerprint density at radius 2 is 1.94 bits per heavy atom. The Morgan fingerprint density at radius 1 is 1.35 bits per heavy atom. The van der Waals surface area contributed by atoms with Gasteiger partial charge in [0.1, 0.15) is 6.61 Å². The molecule has 0 amide bonds. The van der Waals surface area contributed by atoms with Crippen molar-refractivity contribution in [1.29, 1.82) is 0 Å². The van der Waals surface area contributed by atoms with Gasteiger partial charge in [0.2, 0.25) is 0 Å². The summed E-state index contributed by atoms with van der Waals surface area (Å²) in [5.41, 5.74) is 0. The van der Waals surface area contributed by atoms with Crippen LogP contribution in [0.4, 0.5) is 0 Å². The van der Waals surface area contributed by atoms with Crippen LogP contribution in [0.15, 0.2) is 23.8 Å². The highest BCUT2D eigenvalue weighted by atomic mass is 35.5. The summed E-state index contributed by atoms with van der Waals surface area (Å²) in [5, 5.41) is 11.3. The Balaban J connectivity index is 2.08. The maximum atomic E-state index is 11.8. The smallest absolute Gasteiger partial charge is 0.310 e. The quantitative estimate of drug-likeness (QED) is 0.541. The fourth-order valence-electron chi connectivity index (χ4n) is 2.71. The number of hydrogen-bond donors (Lipinski definition) is 0. The molecule has 0 saturated heterocycles. The molecule has 0 aromatic rings. The van der Waals surface area contributed by atoms with Crippen molar-refractivity contribution in [2.45, 2.75) is 6.42 Å². The van der Waals surface area contributed by atoms with E-state index in [0.29, 0.717) is 6.42 Å². The number of carbonyl (C=O) groups is 2. The second-order valence-corrected chi connectivity index (χ2v) is 4.98. The molecule has 2 rings (SSSR count).